The number of rotatable bonds is 9. The molecule has 2 aromatic heterocycles. The number of benzene rings is 1. The number of thioether (sulfide) groups is 1. The summed E-state index contributed by atoms with van der Waals surface area (Å²) in [5.74, 6) is 0.124. The van der Waals surface area contributed by atoms with Crippen molar-refractivity contribution in [3.8, 4) is 11.4 Å². The Kier molecular flexibility index (Phi) is 8.30. The van der Waals surface area contributed by atoms with E-state index < -0.39 is 0 Å². The van der Waals surface area contributed by atoms with Crippen molar-refractivity contribution in [1.29, 1.82) is 0 Å². The molecule has 0 fully saturated rings. The van der Waals surface area contributed by atoms with Gasteiger partial charge in [0.1, 0.15) is 5.00 Å². The van der Waals surface area contributed by atoms with Crippen LogP contribution in [0.4, 0.5) is 5.00 Å². The molecule has 0 spiro atoms. The number of nitrogens with zero attached hydrogens (tertiary/aromatic N) is 3. The Bertz CT molecular complexity index is 1250. The van der Waals surface area contributed by atoms with Crippen LogP contribution in [0.25, 0.3) is 11.4 Å². The number of anilines is 1. The van der Waals surface area contributed by atoms with E-state index in [9.17, 15) is 9.59 Å². The van der Waals surface area contributed by atoms with Crippen molar-refractivity contribution in [3.05, 3.63) is 57.9 Å². The quantitative estimate of drug-likeness (QED) is 0.207. The zero-order valence-corrected chi connectivity index (χ0v) is 22.1. The van der Waals surface area contributed by atoms with Gasteiger partial charge in [0, 0.05) is 17.0 Å². The van der Waals surface area contributed by atoms with E-state index in [1.54, 1.807) is 12.1 Å². The molecule has 0 aliphatic heterocycles. The normalized spacial score (nSPS) is 12.9. The van der Waals surface area contributed by atoms with E-state index in [0.717, 1.165) is 41.7 Å². The van der Waals surface area contributed by atoms with E-state index in [0.29, 0.717) is 33.1 Å². The third-order valence-corrected chi connectivity index (χ3v) is 7.95. The number of amides is 1. The molecule has 0 bridgehead atoms. The Hall–Kier alpha value is -2.62. The first-order valence-corrected chi connectivity index (χ1v) is 13.6. The molecular weight excluding hydrogens is 504 g/mol. The number of aromatic nitrogens is 3. The van der Waals surface area contributed by atoms with Crippen LogP contribution in [-0.4, -0.2) is 38.5 Å². The molecule has 10 heteroatoms. The number of fused-ring (bicyclic) bond motifs is 1. The molecule has 184 valence electrons. The largest absolute Gasteiger partial charge is 0.459 e. The lowest BCUT2D eigenvalue weighted by Gasteiger charge is -2.14. The highest BCUT2D eigenvalue weighted by atomic mass is 35.5. The summed E-state index contributed by atoms with van der Waals surface area (Å²) in [6, 6.07) is 7.42. The topological polar surface area (TPSA) is 86.1 Å². The van der Waals surface area contributed by atoms with E-state index >= 15 is 0 Å². The second-order valence-corrected chi connectivity index (χ2v) is 10.8. The van der Waals surface area contributed by atoms with Crippen molar-refractivity contribution in [2.45, 2.75) is 57.3 Å². The zero-order chi connectivity index (χ0) is 24.9. The number of hydrogen-bond donors (Lipinski definition) is 1. The molecule has 3 aromatic rings. The summed E-state index contributed by atoms with van der Waals surface area (Å²) in [5.41, 5.74) is 2.29. The lowest BCUT2D eigenvalue weighted by atomic mass is 9.95. The Morgan fingerprint density at radius 3 is 2.80 bits per heavy atom. The van der Waals surface area contributed by atoms with Crippen LogP contribution < -0.4 is 5.32 Å². The van der Waals surface area contributed by atoms with Crippen LogP contribution in [0.5, 0.6) is 0 Å². The van der Waals surface area contributed by atoms with E-state index in [2.05, 4.69) is 22.1 Å². The number of hydrogen-bond acceptors (Lipinski definition) is 7. The summed E-state index contributed by atoms with van der Waals surface area (Å²) < 4.78 is 7.36. The number of ether oxygens (including phenoxy) is 1. The highest BCUT2D eigenvalue weighted by Gasteiger charge is 2.28. The Labute approximate surface area is 217 Å². The van der Waals surface area contributed by atoms with Crippen molar-refractivity contribution in [1.82, 2.24) is 14.8 Å². The zero-order valence-electron chi connectivity index (χ0n) is 19.7. The second-order valence-electron chi connectivity index (χ2n) is 8.39. The molecule has 0 saturated heterocycles. The Balaban J connectivity index is 1.51. The fourth-order valence-electron chi connectivity index (χ4n) is 3.97. The number of halogens is 1. The maximum atomic E-state index is 12.9. The first-order chi connectivity index (χ1) is 16.9. The minimum Gasteiger partial charge on any atom is -0.459 e. The van der Waals surface area contributed by atoms with Crippen LogP contribution in [0.15, 0.2) is 42.1 Å². The van der Waals surface area contributed by atoms with Crippen LogP contribution in [0, 0.1) is 0 Å². The van der Waals surface area contributed by atoms with Crippen LogP contribution in [0.2, 0.25) is 5.02 Å². The van der Waals surface area contributed by atoms with E-state index in [1.165, 1.54) is 23.1 Å². The van der Waals surface area contributed by atoms with Gasteiger partial charge >= 0.3 is 5.97 Å². The third-order valence-electron chi connectivity index (χ3n) is 5.45. The average Bonchev–Trinajstić information content (AvgIpc) is 3.38. The van der Waals surface area contributed by atoms with Gasteiger partial charge in [-0.1, -0.05) is 41.6 Å². The molecule has 0 atom stereocenters. The minimum absolute atomic E-state index is 0.110. The molecule has 1 aliphatic rings. The van der Waals surface area contributed by atoms with Gasteiger partial charge in [-0.3, -0.25) is 9.36 Å². The van der Waals surface area contributed by atoms with E-state index in [1.807, 2.05) is 36.6 Å². The molecule has 1 N–H and O–H groups in total. The van der Waals surface area contributed by atoms with Gasteiger partial charge in [-0.05, 0) is 57.2 Å². The summed E-state index contributed by atoms with van der Waals surface area (Å²) in [7, 11) is 0. The first-order valence-electron chi connectivity index (χ1n) is 11.5. The van der Waals surface area contributed by atoms with Crippen LogP contribution >= 0.6 is 34.7 Å². The summed E-state index contributed by atoms with van der Waals surface area (Å²) in [4.78, 5) is 26.9. The molecule has 1 amide bonds. The molecular formula is C25H27ClN4O3S2. The molecule has 7 nitrogen and oxygen atoms in total. The van der Waals surface area contributed by atoms with Gasteiger partial charge in [-0.25, -0.2) is 4.79 Å². The second kappa shape index (κ2) is 11.4. The number of allylic oxidation sites excluding steroid dienone is 1. The molecule has 35 heavy (non-hydrogen) atoms. The van der Waals surface area contributed by atoms with Gasteiger partial charge in [0.15, 0.2) is 11.0 Å². The summed E-state index contributed by atoms with van der Waals surface area (Å²) in [6.45, 7) is 7.94. The van der Waals surface area contributed by atoms with Gasteiger partial charge in [0.05, 0.1) is 22.4 Å². The minimum atomic E-state index is -0.377. The molecule has 1 aromatic carbocycles. The molecule has 1 aliphatic carbocycles. The van der Waals surface area contributed by atoms with Crippen molar-refractivity contribution < 1.29 is 14.3 Å². The highest BCUT2D eigenvalue weighted by Crippen LogP contribution is 2.39. The summed E-state index contributed by atoms with van der Waals surface area (Å²) >= 11 is 9.11. The van der Waals surface area contributed by atoms with Crippen molar-refractivity contribution in [3.63, 3.8) is 0 Å². The average molecular weight is 531 g/mol. The van der Waals surface area contributed by atoms with Crippen molar-refractivity contribution in [2.24, 2.45) is 0 Å². The Morgan fingerprint density at radius 2 is 2.06 bits per heavy atom. The predicted molar refractivity (Wildman–Crippen MR) is 142 cm³/mol. The van der Waals surface area contributed by atoms with Crippen LogP contribution in [0.3, 0.4) is 0 Å². The summed E-state index contributed by atoms with van der Waals surface area (Å²) in [5, 5.41) is 13.3. The van der Waals surface area contributed by atoms with Gasteiger partial charge in [0.25, 0.3) is 0 Å². The third kappa shape index (κ3) is 5.79. The maximum absolute atomic E-state index is 12.9. The van der Waals surface area contributed by atoms with Crippen molar-refractivity contribution >= 4 is 51.6 Å². The monoisotopic (exact) mass is 530 g/mol. The SMILES string of the molecule is C=CCn1c(SCC(=O)Nc2sc3c(c2C(=O)OC(C)C)CCCC3)nnc1-c1ccccc1Cl. The van der Waals surface area contributed by atoms with E-state index in [4.69, 9.17) is 16.3 Å². The van der Waals surface area contributed by atoms with Gasteiger partial charge in [0.2, 0.25) is 5.91 Å². The number of carbonyl (C=O) groups is 2. The standard InChI is InChI=1S/C25H27ClN4O3S2/c1-4-13-30-22(16-9-5-7-11-18(16)26)28-29-25(30)34-14-20(31)27-23-21(24(32)33-15(2)3)17-10-6-8-12-19(17)35-23/h4-5,7,9,11,15H,1,6,8,10,12-14H2,2-3H3,(H,27,31). The molecule has 2 heterocycles. The van der Waals surface area contributed by atoms with Gasteiger partial charge in [-0.2, -0.15) is 0 Å². The maximum Gasteiger partial charge on any atom is 0.341 e. The predicted octanol–water partition coefficient (Wildman–Crippen LogP) is 6.02. The fraction of sp³-hybridized carbons (Fsp3) is 0.360. The van der Waals surface area contributed by atoms with Crippen LogP contribution in [-0.2, 0) is 28.9 Å². The first kappa shape index (κ1) is 25.5. The van der Waals surface area contributed by atoms with Crippen LogP contribution in [0.1, 0.15) is 47.5 Å². The molecule has 0 saturated carbocycles. The number of esters is 1. The summed E-state index contributed by atoms with van der Waals surface area (Å²) in [6.07, 6.45) is 5.38. The smallest absolute Gasteiger partial charge is 0.341 e. The number of nitrogens with one attached hydrogen (secondary N) is 1. The molecule has 0 unspecified atom stereocenters. The molecule has 0 radical (unpaired) electrons. The lowest BCUT2D eigenvalue weighted by Crippen LogP contribution is -2.19. The van der Waals surface area contributed by atoms with E-state index in [-0.39, 0.29) is 23.7 Å². The molecule has 4 rings (SSSR count). The number of thiophene rings is 1. The number of carbonyl (C=O) groups excluding carboxylic acids is 2. The Morgan fingerprint density at radius 1 is 1.29 bits per heavy atom. The van der Waals surface area contributed by atoms with Gasteiger partial charge < -0.3 is 10.1 Å². The van der Waals surface area contributed by atoms with Gasteiger partial charge in [-0.15, -0.1) is 28.1 Å². The fourth-order valence-corrected chi connectivity index (χ4v) is 6.23. The number of aryl methyl sites for hydroxylation is 1. The lowest BCUT2D eigenvalue weighted by molar-refractivity contribution is -0.113. The highest BCUT2D eigenvalue weighted by molar-refractivity contribution is 7.99. The van der Waals surface area contributed by atoms with Crippen molar-refractivity contribution in [2.75, 3.05) is 11.1 Å².